The molecule has 2 saturated heterocycles. The van der Waals surface area contributed by atoms with E-state index in [1.807, 2.05) is 0 Å². The molecule has 2 aliphatic rings. The molecule has 2 fully saturated rings. The molecule has 19 heavy (non-hydrogen) atoms. The second-order valence-corrected chi connectivity index (χ2v) is 5.14. The van der Waals surface area contributed by atoms with E-state index in [1.165, 1.54) is 6.07 Å². The van der Waals surface area contributed by atoms with Gasteiger partial charge in [-0.25, -0.2) is 13.6 Å². The van der Waals surface area contributed by atoms with Crippen molar-refractivity contribution in [3.8, 4) is 0 Å². The van der Waals surface area contributed by atoms with E-state index in [0.29, 0.717) is 24.9 Å². The van der Waals surface area contributed by atoms with Crippen LogP contribution in [0.1, 0.15) is 0 Å². The molecular weight excluding hydrogens is 252 g/mol. The Morgan fingerprint density at radius 1 is 1.26 bits per heavy atom. The number of likely N-dealkylation sites (tertiary alicyclic amines) is 1. The Labute approximate surface area is 109 Å². The minimum absolute atomic E-state index is 0.0154. The van der Waals surface area contributed by atoms with E-state index in [1.54, 1.807) is 4.90 Å². The molecule has 6 heteroatoms. The number of carbonyl (C=O) groups is 1. The summed E-state index contributed by atoms with van der Waals surface area (Å²) in [6.07, 6.45) is 0. The molecule has 0 aliphatic carbocycles. The molecule has 2 atom stereocenters. The average Bonchev–Trinajstić information content (AvgIpc) is 2.93. The van der Waals surface area contributed by atoms with Gasteiger partial charge in [-0.15, -0.1) is 0 Å². The summed E-state index contributed by atoms with van der Waals surface area (Å²) in [6, 6.07) is 2.81. The molecule has 3 rings (SSSR count). The van der Waals surface area contributed by atoms with Gasteiger partial charge in [0.25, 0.3) is 0 Å². The van der Waals surface area contributed by atoms with Gasteiger partial charge in [0, 0.05) is 32.2 Å². The summed E-state index contributed by atoms with van der Waals surface area (Å²) in [7, 11) is 0. The average molecular weight is 267 g/mol. The Kier molecular flexibility index (Phi) is 3.10. The van der Waals surface area contributed by atoms with Crippen LogP contribution in [0, 0.1) is 23.5 Å². The van der Waals surface area contributed by atoms with Crippen LogP contribution in [0.3, 0.4) is 0 Å². The quantitative estimate of drug-likeness (QED) is 0.812. The van der Waals surface area contributed by atoms with Crippen molar-refractivity contribution in [2.45, 2.75) is 0 Å². The van der Waals surface area contributed by atoms with Crippen molar-refractivity contribution in [3.63, 3.8) is 0 Å². The number of carbonyl (C=O) groups excluding carboxylic acids is 1. The molecular formula is C13H15F2N3O. The molecule has 0 aromatic heterocycles. The fourth-order valence-corrected chi connectivity index (χ4v) is 2.81. The fraction of sp³-hybridized carbons (Fsp3) is 0.462. The van der Waals surface area contributed by atoms with Gasteiger partial charge in [-0.05, 0) is 24.0 Å². The van der Waals surface area contributed by atoms with Gasteiger partial charge < -0.3 is 15.5 Å². The van der Waals surface area contributed by atoms with Gasteiger partial charge in [0.05, 0.1) is 5.69 Å². The van der Waals surface area contributed by atoms with Gasteiger partial charge in [-0.3, -0.25) is 0 Å². The number of benzene rings is 1. The maximum absolute atomic E-state index is 13.4. The molecule has 2 heterocycles. The van der Waals surface area contributed by atoms with Crippen LogP contribution in [-0.2, 0) is 0 Å². The number of hydrogen-bond acceptors (Lipinski definition) is 2. The molecule has 0 saturated carbocycles. The Morgan fingerprint density at radius 3 is 2.58 bits per heavy atom. The van der Waals surface area contributed by atoms with Gasteiger partial charge in [0.1, 0.15) is 11.6 Å². The third kappa shape index (κ3) is 2.40. The van der Waals surface area contributed by atoms with Gasteiger partial charge in [-0.1, -0.05) is 0 Å². The Balaban J connectivity index is 1.65. The van der Waals surface area contributed by atoms with Crippen LogP contribution in [0.4, 0.5) is 19.3 Å². The van der Waals surface area contributed by atoms with Crippen molar-refractivity contribution in [2.24, 2.45) is 11.8 Å². The highest BCUT2D eigenvalue weighted by atomic mass is 19.1. The minimum atomic E-state index is -0.755. The van der Waals surface area contributed by atoms with Crippen molar-refractivity contribution in [3.05, 3.63) is 29.8 Å². The fourth-order valence-electron chi connectivity index (χ4n) is 2.81. The third-order valence-corrected chi connectivity index (χ3v) is 3.85. The molecule has 2 N–H and O–H groups in total. The van der Waals surface area contributed by atoms with Crippen molar-refractivity contribution in [1.82, 2.24) is 10.2 Å². The summed E-state index contributed by atoms with van der Waals surface area (Å²) >= 11 is 0. The van der Waals surface area contributed by atoms with Crippen LogP contribution in [0.25, 0.3) is 0 Å². The number of urea groups is 1. The van der Waals surface area contributed by atoms with E-state index in [2.05, 4.69) is 10.6 Å². The molecule has 102 valence electrons. The zero-order chi connectivity index (χ0) is 13.4. The number of hydrogen-bond donors (Lipinski definition) is 2. The van der Waals surface area contributed by atoms with Crippen LogP contribution < -0.4 is 10.6 Å². The standard InChI is InChI=1S/C13H15F2N3O/c14-10-1-2-12(11(15)3-10)17-13(19)18-6-8-4-16-5-9(8)7-18/h1-3,8-9,16H,4-7H2,(H,17,19). The second kappa shape index (κ2) is 4.77. The predicted octanol–water partition coefficient (Wildman–Crippen LogP) is 1.65. The summed E-state index contributed by atoms with van der Waals surface area (Å²) in [5, 5.41) is 5.78. The number of rotatable bonds is 1. The second-order valence-electron chi connectivity index (χ2n) is 5.14. The number of nitrogens with zero attached hydrogens (tertiary/aromatic N) is 1. The smallest absolute Gasteiger partial charge is 0.321 e. The summed E-state index contributed by atoms with van der Waals surface area (Å²) in [5.41, 5.74) is 0.0154. The number of nitrogens with one attached hydrogen (secondary N) is 2. The normalized spacial score (nSPS) is 25.5. The molecule has 2 aliphatic heterocycles. The van der Waals surface area contributed by atoms with E-state index in [-0.39, 0.29) is 11.7 Å². The highest BCUT2D eigenvalue weighted by Gasteiger charge is 2.38. The molecule has 1 aromatic carbocycles. The Morgan fingerprint density at radius 2 is 1.95 bits per heavy atom. The van der Waals surface area contributed by atoms with Crippen molar-refractivity contribution >= 4 is 11.7 Å². The first-order chi connectivity index (χ1) is 9.13. The monoisotopic (exact) mass is 267 g/mol. The summed E-state index contributed by atoms with van der Waals surface area (Å²) < 4.78 is 26.2. The Hall–Kier alpha value is -1.69. The van der Waals surface area contributed by atoms with Crippen LogP contribution in [0.5, 0.6) is 0 Å². The van der Waals surface area contributed by atoms with Gasteiger partial charge in [0.15, 0.2) is 0 Å². The van der Waals surface area contributed by atoms with E-state index in [0.717, 1.165) is 25.2 Å². The van der Waals surface area contributed by atoms with Crippen molar-refractivity contribution in [2.75, 3.05) is 31.5 Å². The van der Waals surface area contributed by atoms with E-state index in [9.17, 15) is 13.6 Å². The first kappa shape index (κ1) is 12.3. The van der Waals surface area contributed by atoms with Gasteiger partial charge in [0.2, 0.25) is 0 Å². The van der Waals surface area contributed by atoms with Crippen LogP contribution in [0.15, 0.2) is 18.2 Å². The summed E-state index contributed by atoms with van der Waals surface area (Å²) in [4.78, 5) is 13.7. The topological polar surface area (TPSA) is 44.4 Å². The molecule has 0 radical (unpaired) electrons. The van der Waals surface area contributed by atoms with Crippen molar-refractivity contribution < 1.29 is 13.6 Å². The summed E-state index contributed by atoms with van der Waals surface area (Å²) in [6.45, 7) is 3.23. The SMILES string of the molecule is O=C(Nc1ccc(F)cc1F)N1CC2CNCC2C1. The molecule has 2 unspecified atom stereocenters. The molecule has 1 aromatic rings. The lowest BCUT2D eigenvalue weighted by atomic mass is 10.0. The van der Waals surface area contributed by atoms with Crippen LogP contribution >= 0.6 is 0 Å². The molecule has 0 bridgehead atoms. The zero-order valence-electron chi connectivity index (χ0n) is 10.3. The first-order valence-corrected chi connectivity index (χ1v) is 6.35. The molecule has 2 amide bonds. The summed E-state index contributed by atoms with van der Waals surface area (Å²) in [5.74, 6) is -0.431. The third-order valence-electron chi connectivity index (χ3n) is 3.85. The Bertz CT molecular complexity index is 497. The van der Waals surface area contributed by atoms with E-state index < -0.39 is 11.6 Å². The first-order valence-electron chi connectivity index (χ1n) is 6.35. The van der Waals surface area contributed by atoms with E-state index >= 15 is 0 Å². The van der Waals surface area contributed by atoms with Crippen LogP contribution in [-0.4, -0.2) is 37.1 Å². The van der Waals surface area contributed by atoms with Crippen LogP contribution in [0.2, 0.25) is 0 Å². The molecule has 4 nitrogen and oxygen atoms in total. The number of anilines is 1. The number of amides is 2. The lowest BCUT2D eigenvalue weighted by Gasteiger charge is -2.18. The van der Waals surface area contributed by atoms with E-state index in [4.69, 9.17) is 0 Å². The maximum atomic E-state index is 13.4. The lowest BCUT2D eigenvalue weighted by Crippen LogP contribution is -2.35. The number of fused-ring (bicyclic) bond motifs is 1. The van der Waals surface area contributed by atoms with Gasteiger partial charge >= 0.3 is 6.03 Å². The maximum Gasteiger partial charge on any atom is 0.321 e. The number of halogens is 2. The molecule has 0 spiro atoms. The largest absolute Gasteiger partial charge is 0.324 e. The predicted molar refractivity (Wildman–Crippen MR) is 66.8 cm³/mol. The zero-order valence-corrected chi connectivity index (χ0v) is 10.3. The van der Waals surface area contributed by atoms with Crippen molar-refractivity contribution in [1.29, 1.82) is 0 Å². The minimum Gasteiger partial charge on any atom is -0.324 e. The lowest BCUT2D eigenvalue weighted by molar-refractivity contribution is 0.219. The van der Waals surface area contributed by atoms with Gasteiger partial charge in [-0.2, -0.15) is 0 Å². The highest BCUT2D eigenvalue weighted by molar-refractivity contribution is 5.89. The highest BCUT2D eigenvalue weighted by Crippen LogP contribution is 2.27.